The molecule has 7 heteroatoms. The molecule has 1 N–H and O–H groups in total. The van der Waals surface area contributed by atoms with Crippen molar-refractivity contribution in [2.75, 3.05) is 0 Å². The van der Waals surface area contributed by atoms with Crippen LogP contribution in [0.25, 0.3) is 11.3 Å². The van der Waals surface area contributed by atoms with Crippen LogP contribution in [0.2, 0.25) is 5.02 Å². The Bertz CT molecular complexity index is 1090. The molecule has 28 heavy (non-hydrogen) atoms. The zero-order valence-electron chi connectivity index (χ0n) is 15.0. The lowest BCUT2D eigenvalue weighted by molar-refractivity contribution is 0.0932. The maximum atomic E-state index is 12.8. The molecule has 140 valence electrons. The minimum atomic E-state index is -0.413. The molecule has 0 radical (unpaired) electrons. The number of hydrogen-bond donors (Lipinski definition) is 1. The van der Waals surface area contributed by atoms with Gasteiger partial charge in [0.2, 0.25) is 0 Å². The summed E-state index contributed by atoms with van der Waals surface area (Å²) in [7, 11) is 1.89. The van der Waals surface area contributed by atoms with E-state index in [1.165, 1.54) is 0 Å². The van der Waals surface area contributed by atoms with Crippen LogP contribution in [0.15, 0.2) is 77.6 Å². The Labute approximate surface area is 166 Å². The van der Waals surface area contributed by atoms with Crippen LogP contribution in [0.1, 0.15) is 27.9 Å². The molecule has 2 aromatic heterocycles. The molecule has 0 saturated heterocycles. The van der Waals surface area contributed by atoms with E-state index in [9.17, 15) is 4.79 Å². The van der Waals surface area contributed by atoms with E-state index in [0.717, 1.165) is 17.0 Å². The van der Waals surface area contributed by atoms with Gasteiger partial charge in [0.25, 0.3) is 5.91 Å². The Morgan fingerprint density at radius 2 is 1.89 bits per heavy atom. The molecule has 0 aliphatic carbocycles. The molecule has 2 aromatic carbocycles. The van der Waals surface area contributed by atoms with E-state index in [1.54, 1.807) is 24.4 Å². The van der Waals surface area contributed by atoms with E-state index in [0.29, 0.717) is 10.8 Å². The second kappa shape index (κ2) is 7.70. The Balaban J connectivity index is 1.60. The number of carbonyl (C=O) groups is 1. The summed E-state index contributed by atoms with van der Waals surface area (Å²) in [6, 6.07) is 18.0. The summed E-state index contributed by atoms with van der Waals surface area (Å²) in [5, 5.41) is 7.55. The molecule has 0 fully saturated rings. The molecule has 4 rings (SSSR count). The number of carbonyl (C=O) groups excluding carboxylic acids is 1. The summed E-state index contributed by atoms with van der Waals surface area (Å²) in [5.74, 6) is 0.872. The summed E-state index contributed by atoms with van der Waals surface area (Å²) in [5.41, 5.74) is 1.91. The van der Waals surface area contributed by atoms with Crippen molar-refractivity contribution in [1.29, 1.82) is 0 Å². The van der Waals surface area contributed by atoms with Crippen LogP contribution >= 0.6 is 11.6 Å². The fraction of sp³-hybridized carbons (Fsp3) is 0.0952. The van der Waals surface area contributed by atoms with Crippen LogP contribution in [0.3, 0.4) is 0 Å². The van der Waals surface area contributed by atoms with E-state index in [2.05, 4.69) is 15.5 Å². The number of aryl methyl sites for hydroxylation is 1. The largest absolute Gasteiger partial charge is 0.355 e. The van der Waals surface area contributed by atoms with Crippen molar-refractivity contribution in [3.05, 3.63) is 95.2 Å². The first-order valence-corrected chi connectivity index (χ1v) is 9.05. The van der Waals surface area contributed by atoms with E-state index in [4.69, 9.17) is 16.1 Å². The van der Waals surface area contributed by atoms with Gasteiger partial charge in [0.05, 0.1) is 0 Å². The van der Waals surface area contributed by atoms with Crippen molar-refractivity contribution >= 4 is 17.5 Å². The molecule has 0 aliphatic heterocycles. The summed E-state index contributed by atoms with van der Waals surface area (Å²) in [6.45, 7) is 0. The van der Waals surface area contributed by atoms with Crippen molar-refractivity contribution < 1.29 is 9.32 Å². The second-order valence-electron chi connectivity index (χ2n) is 6.30. The quantitative estimate of drug-likeness (QED) is 0.551. The van der Waals surface area contributed by atoms with Crippen molar-refractivity contribution in [2.24, 2.45) is 7.05 Å². The van der Waals surface area contributed by atoms with Gasteiger partial charge in [-0.25, -0.2) is 4.98 Å². The SMILES string of the molecule is Cn1ccnc1[C@H](NC(=O)c1cc(-c2ccc(Cl)cc2)on1)c1ccccc1. The van der Waals surface area contributed by atoms with Gasteiger partial charge in [-0.2, -0.15) is 0 Å². The van der Waals surface area contributed by atoms with Gasteiger partial charge in [-0.1, -0.05) is 47.1 Å². The van der Waals surface area contributed by atoms with Gasteiger partial charge >= 0.3 is 0 Å². The molecular weight excluding hydrogens is 376 g/mol. The third-order valence-corrected chi connectivity index (χ3v) is 4.65. The van der Waals surface area contributed by atoms with Crippen LogP contribution in [-0.4, -0.2) is 20.6 Å². The van der Waals surface area contributed by atoms with Crippen molar-refractivity contribution in [3.8, 4) is 11.3 Å². The highest BCUT2D eigenvalue weighted by molar-refractivity contribution is 6.30. The zero-order valence-corrected chi connectivity index (χ0v) is 15.8. The number of hydrogen-bond acceptors (Lipinski definition) is 4. The minimum absolute atomic E-state index is 0.195. The Morgan fingerprint density at radius 1 is 1.14 bits per heavy atom. The highest BCUT2D eigenvalue weighted by atomic mass is 35.5. The number of rotatable bonds is 5. The average molecular weight is 393 g/mol. The van der Waals surface area contributed by atoms with Gasteiger partial charge < -0.3 is 14.4 Å². The monoisotopic (exact) mass is 392 g/mol. The first kappa shape index (κ1) is 18.0. The summed E-state index contributed by atoms with van der Waals surface area (Å²) < 4.78 is 7.21. The normalized spacial score (nSPS) is 11.9. The Hall–Kier alpha value is -3.38. The molecule has 4 aromatic rings. The first-order valence-electron chi connectivity index (χ1n) is 8.67. The van der Waals surface area contributed by atoms with E-state index in [1.807, 2.05) is 60.3 Å². The molecule has 6 nitrogen and oxygen atoms in total. The third kappa shape index (κ3) is 3.68. The molecule has 0 unspecified atom stereocenters. The number of nitrogens with zero attached hydrogens (tertiary/aromatic N) is 3. The summed E-state index contributed by atoms with van der Waals surface area (Å²) >= 11 is 5.91. The minimum Gasteiger partial charge on any atom is -0.355 e. The lowest BCUT2D eigenvalue weighted by Crippen LogP contribution is -2.31. The van der Waals surface area contributed by atoms with E-state index < -0.39 is 6.04 Å². The van der Waals surface area contributed by atoms with Crippen LogP contribution in [-0.2, 0) is 7.05 Å². The van der Waals surface area contributed by atoms with Crippen molar-refractivity contribution in [1.82, 2.24) is 20.0 Å². The smallest absolute Gasteiger partial charge is 0.274 e. The van der Waals surface area contributed by atoms with Gasteiger partial charge in [0, 0.05) is 36.1 Å². The number of amides is 1. The standard InChI is InChI=1S/C21H17ClN4O2/c1-26-12-11-23-20(26)19(15-5-3-2-4-6-15)24-21(27)17-13-18(28-25-17)14-7-9-16(22)10-8-14/h2-13,19H,1H3,(H,24,27)/t19-/m1/s1. The van der Waals surface area contributed by atoms with E-state index >= 15 is 0 Å². The van der Waals surface area contributed by atoms with Crippen LogP contribution in [0, 0.1) is 0 Å². The van der Waals surface area contributed by atoms with E-state index in [-0.39, 0.29) is 11.6 Å². The van der Waals surface area contributed by atoms with Crippen molar-refractivity contribution in [3.63, 3.8) is 0 Å². The maximum Gasteiger partial charge on any atom is 0.274 e. The summed E-state index contributed by atoms with van der Waals surface area (Å²) in [6.07, 6.45) is 3.54. The topological polar surface area (TPSA) is 73.0 Å². The molecule has 0 aliphatic rings. The maximum absolute atomic E-state index is 12.8. The Kier molecular flexibility index (Phi) is 4.95. The fourth-order valence-corrected chi connectivity index (χ4v) is 3.06. The number of halogens is 1. The number of imidazole rings is 1. The Morgan fingerprint density at radius 3 is 2.57 bits per heavy atom. The second-order valence-corrected chi connectivity index (χ2v) is 6.73. The van der Waals surface area contributed by atoms with Gasteiger partial charge in [-0.05, 0) is 29.8 Å². The van der Waals surface area contributed by atoms with Gasteiger partial charge in [0.1, 0.15) is 11.9 Å². The lowest BCUT2D eigenvalue weighted by atomic mass is 10.1. The average Bonchev–Trinajstić information content (AvgIpc) is 3.37. The first-order chi connectivity index (χ1) is 13.6. The predicted octanol–water partition coefficient (Wildman–Crippen LogP) is 4.25. The fourth-order valence-electron chi connectivity index (χ4n) is 2.94. The summed E-state index contributed by atoms with van der Waals surface area (Å²) in [4.78, 5) is 17.2. The van der Waals surface area contributed by atoms with Gasteiger partial charge in [0.15, 0.2) is 11.5 Å². The zero-order chi connectivity index (χ0) is 19.5. The molecular formula is C21H17ClN4O2. The molecule has 0 spiro atoms. The van der Waals surface area contributed by atoms with Crippen LogP contribution < -0.4 is 5.32 Å². The van der Waals surface area contributed by atoms with Crippen molar-refractivity contribution in [2.45, 2.75) is 6.04 Å². The predicted molar refractivity (Wildman–Crippen MR) is 106 cm³/mol. The molecule has 0 bridgehead atoms. The molecule has 0 saturated carbocycles. The van der Waals surface area contributed by atoms with Crippen LogP contribution in [0.5, 0.6) is 0 Å². The number of nitrogens with one attached hydrogen (secondary N) is 1. The lowest BCUT2D eigenvalue weighted by Gasteiger charge is -2.18. The van der Waals surface area contributed by atoms with Gasteiger partial charge in [-0.3, -0.25) is 4.79 Å². The highest BCUT2D eigenvalue weighted by Crippen LogP contribution is 2.24. The van der Waals surface area contributed by atoms with Crippen LogP contribution in [0.4, 0.5) is 0 Å². The number of aromatic nitrogens is 3. The third-order valence-electron chi connectivity index (χ3n) is 4.40. The molecule has 1 atom stereocenters. The molecule has 2 heterocycles. The highest BCUT2D eigenvalue weighted by Gasteiger charge is 2.23. The molecule has 1 amide bonds. The number of benzene rings is 2. The van der Waals surface area contributed by atoms with Gasteiger partial charge in [-0.15, -0.1) is 0 Å².